The molecule has 0 aliphatic heterocycles. The van der Waals surface area contributed by atoms with Gasteiger partial charge >= 0.3 is 0 Å². The van der Waals surface area contributed by atoms with Gasteiger partial charge in [-0.3, -0.25) is 0 Å². The molecule has 0 aromatic carbocycles. The van der Waals surface area contributed by atoms with Gasteiger partial charge in [-0.05, 0) is 37.5 Å². The Balaban J connectivity index is 1.52. The highest BCUT2D eigenvalue weighted by Crippen LogP contribution is 2.42. The van der Waals surface area contributed by atoms with E-state index in [2.05, 4.69) is 12.2 Å². The second-order valence-corrected chi connectivity index (χ2v) is 6.23. The van der Waals surface area contributed by atoms with Crippen molar-refractivity contribution in [2.75, 3.05) is 19.7 Å². The van der Waals surface area contributed by atoms with Crippen molar-refractivity contribution in [2.24, 2.45) is 5.41 Å². The lowest BCUT2D eigenvalue weighted by atomic mass is 9.67. The van der Waals surface area contributed by atoms with Gasteiger partial charge in [-0.15, -0.1) is 0 Å². The van der Waals surface area contributed by atoms with E-state index in [1.54, 1.807) is 0 Å². The molecule has 18 heavy (non-hydrogen) atoms. The van der Waals surface area contributed by atoms with Crippen LogP contribution in [0.3, 0.4) is 0 Å². The Labute approximate surface area is 111 Å². The molecule has 0 saturated heterocycles. The van der Waals surface area contributed by atoms with E-state index < -0.39 is 0 Å². The third-order valence-electron chi connectivity index (χ3n) is 4.87. The van der Waals surface area contributed by atoms with Crippen LogP contribution in [0.2, 0.25) is 0 Å². The fourth-order valence-corrected chi connectivity index (χ4v) is 3.20. The van der Waals surface area contributed by atoms with Gasteiger partial charge in [0, 0.05) is 13.1 Å². The Morgan fingerprint density at radius 3 is 2.56 bits per heavy atom. The molecule has 0 heterocycles. The Kier molecular flexibility index (Phi) is 5.46. The normalized spacial score (nSPS) is 25.0. The second-order valence-electron chi connectivity index (χ2n) is 6.23. The lowest BCUT2D eigenvalue weighted by Crippen LogP contribution is -2.42. The zero-order chi connectivity index (χ0) is 12.8. The summed E-state index contributed by atoms with van der Waals surface area (Å²) in [6.07, 6.45) is 10.3. The molecular formula is C15H29NO2. The van der Waals surface area contributed by atoms with E-state index in [1.165, 1.54) is 51.4 Å². The summed E-state index contributed by atoms with van der Waals surface area (Å²) in [6, 6.07) is 0. The molecule has 0 aromatic heterocycles. The number of aliphatic hydroxyl groups excluding tert-OH is 1. The first-order valence-electron chi connectivity index (χ1n) is 7.74. The lowest BCUT2D eigenvalue weighted by Gasteiger charge is -2.41. The van der Waals surface area contributed by atoms with E-state index in [0.717, 1.165) is 6.54 Å². The van der Waals surface area contributed by atoms with Crippen LogP contribution in [0.4, 0.5) is 0 Å². The van der Waals surface area contributed by atoms with Crippen LogP contribution < -0.4 is 5.32 Å². The molecule has 0 bridgehead atoms. The maximum Gasteiger partial charge on any atom is 0.0897 e. The summed E-state index contributed by atoms with van der Waals surface area (Å²) in [5, 5.41) is 13.3. The van der Waals surface area contributed by atoms with Crippen molar-refractivity contribution < 1.29 is 9.84 Å². The first-order chi connectivity index (χ1) is 8.74. The fourth-order valence-electron chi connectivity index (χ4n) is 3.20. The number of hydrogen-bond acceptors (Lipinski definition) is 3. The minimum atomic E-state index is -0.348. The molecule has 2 fully saturated rings. The minimum Gasteiger partial charge on any atom is -0.389 e. The number of nitrogens with one attached hydrogen (secondary N) is 1. The summed E-state index contributed by atoms with van der Waals surface area (Å²) in [5.41, 5.74) is 0.534. The number of rotatable bonds is 8. The molecule has 2 aliphatic carbocycles. The van der Waals surface area contributed by atoms with E-state index in [0.29, 0.717) is 24.7 Å². The van der Waals surface area contributed by atoms with Gasteiger partial charge in [0.2, 0.25) is 0 Å². The van der Waals surface area contributed by atoms with Crippen LogP contribution in [0.1, 0.15) is 58.3 Å². The van der Waals surface area contributed by atoms with Crippen molar-refractivity contribution >= 4 is 0 Å². The largest absolute Gasteiger partial charge is 0.389 e. The maximum absolute atomic E-state index is 9.88. The van der Waals surface area contributed by atoms with Gasteiger partial charge in [0.1, 0.15) is 0 Å². The summed E-state index contributed by atoms with van der Waals surface area (Å²) >= 11 is 0. The van der Waals surface area contributed by atoms with Crippen LogP contribution >= 0.6 is 0 Å². The molecular weight excluding hydrogens is 226 g/mol. The van der Waals surface area contributed by atoms with E-state index in [-0.39, 0.29) is 6.10 Å². The Hall–Kier alpha value is -0.120. The minimum absolute atomic E-state index is 0.348. The van der Waals surface area contributed by atoms with Crippen molar-refractivity contribution in [1.82, 2.24) is 5.32 Å². The molecule has 2 aliphatic rings. The highest BCUT2D eigenvalue weighted by molar-refractivity contribution is 4.88. The predicted molar refractivity (Wildman–Crippen MR) is 73.7 cm³/mol. The van der Waals surface area contributed by atoms with Crippen molar-refractivity contribution in [2.45, 2.75) is 70.5 Å². The molecule has 2 saturated carbocycles. The highest BCUT2D eigenvalue weighted by atomic mass is 16.5. The average Bonchev–Trinajstić information content (AvgIpc) is 2.83. The van der Waals surface area contributed by atoms with Crippen LogP contribution in [0.5, 0.6) is 0 Å². The van der Waals surface area contributed by atoms with Crippen LogP contribution in [0.15, 0.2) is 0 Å². The lowest BCUT2D eigenvalue weighted by molar-refractivity contribution is -0.00728. The highest BCUT2D eigenvalue weighted by Gasteiger charge is 2.34. The first-order valence-corrected chi connectivity index (χ1v) is 7.74. The van der Waals surface area contributed by atoms with Gasteiger partial charge in [0.05, 0.1) is 18.8 Å². The predicted octanol–water partition coefficient (Wildman–Crippen LogP) is 2.48. The quantitative estimate of drug-likeness (QED) is 0.700. The molecule has 1 unspecified atom stereocenters. The van der Waals surface area contributed by atoms with Crippen LogP contribution in [-0.4, -0.2) is 37.0 Å². The number of ether oxygens (including phenoxy) is 1. The molecule has 0 spiro atoms. The monoisotopic (exact) mass is 255 g/mol. The third kappa shape index (κ3) is 3.94. The van der Waals surface area contributed by atoms with E-state index in [4.69, 9.17) is 4.74 Å². The standard InChI is InChI=1S/C15H29NO2/c1-2-15(8-5-9-15)12-16-10-13(17)11-18-14-6-3-4-7-14/h13-14,16-17H,2-12H2,1H3. The van der Waals surface area contributed by atoms with Crippen molar-refractivity contribution in [3.63, 3.8) is 0 Å². The van der Waals surface area contributed by atoms with Gasteiger partial charge in [0.15, 0.2) is 0 Å². The molecule has 3 nitrogen and oxygen atoms in total. The van der Waals surface area contributed by atoms with Gasteiger partial charge in [-0.2, -0.15) is 0 Å². The van der Waals surface area contributed by atoms with Crippen molar-refractivity contribution in [3.8, 4) is 0 Å². The SMILES string of the molecule is CCC1(CNCC(O)COC2CCCC2)CCC1. The van der Waals surface area contributed by atoms with E-state index in [1.807, 2.05) is 0 Å². The average molecular weight is 255 g/mol. The topological polar surface area (TPSA) is 41.5 Å². The van der Waals surface area contributed by atoms with Gasteiger partial charge in [-0.25, -0.2) is 0 Å². The summed E-state index contributed by atoms with van der Waals surface area (Å²) in [7, 11) is 0. The fraction of sp³-hybridized carbons (Fsp3) is 1.00. The van der Waals surface area contributed by atoms with Gasteiger partial charge in [0.25, 0.3) is 0 Å². The Morgan fingerprint density at radius 2 is 2.00 bits per heavy atom. The third-order valence-corrected chi connectivity index (χ3v) is 4.87. The summed E-state index contributed by atoms with van der Waals surface area (Å²) < 4.78 is 5.72. The molecule has 1 atom stereocenters. The molecule has 2 N–H and O–H groups in total. The smallest absolute Gasteiger partial charge is 0.0897 e. The second kappa shape index (κ2) is 6.88. The summed E-state index contributed by atoms with van der Waals surface area (Å²) in [5.74, 6) is 0. The van der Waals surface area contributed by atoms with Crippen molar-refractivity contribution in [3.05, 3.63) is 0 Å². The van der Waals surface area contributed by atoms with Crippen LogP contribution in [0, 0.1) is 5.41 Å². The maximum atomic E-state index is 9.88. The molecule has 106 valence electrons. The van der Waals surface area contributed by atoms with E-state index in [9.17, 15) is 5.11 Å². The van der Waals surface area contributed by atoms with Crippen LogP contribution in [-0.2, 0) is 4.74 Å². The number of hydrogen-bond donors (Lipinski definition) is 2. The van der Waals surface area contributed by atoms with Crippen LogP contribution in [0.25, 0.3) is 0 Å². The van der Waals surface area contributed by atoms with Crippen molar-refractivity contribution in [1.29, 1.82) is 0 Å². The zero-order valence-corrected chi connectivity index (χ0v) is 11.8. The summed E-state index contributed by atoms with van der Waals surface area (Å²) in [6.45, 7) is 4.51. The Bertz CT molecular complexity index is 229. The molecule has 0 radical (unpaired) electrons. The number of aliphatic hydroxyl groups is 1. The zero-order valence-electron chi connectivity index (χ0n) is 11.8. The molecule has 0 aromatic rings. The first kappa shape index (κ1) is 14.3. The van der Waals surface area contributed by atoms with Gasteiger partial charge in [-0.1, -0.05) is 26.2 Å². The van der Waals surface area contributed by atoms with E-state index >= 15 is 0 Å². The molecule has 0 amide bonds. The molecule has 2 rings (SSSR count). The van der Waals surface area contributed by atoms with Gasteiger partial charge < -0.3 is 15.2 Å². The Morgan fingerprint density at radius 1 is 1.28 bits per heavy atom. The summed E-state index contributed by atoms with van der Waals surface area (Å²) in [4.78, 5) is 0. The molecule has 3 heteroatoms.